The molecule has 0 aromatic heterocycles. The molecule has 5 heteroatoms. The molecule has 19 heavy (non-hydrogen) atoms. The minimum absolute atomic E-state index is 0.0383. The predicted molar refractivity (Wildman–Crippen MR) is 77.7 cm³/mol. The van der Waals surface area contributed by atoms with E-state index >= 15 is 0 Å². The summed E-state index contributed by atoms with van der Waals surface area (Å²) in [6.45, 7) is 3.17. The van der Waals surface area contributed by atoms with E-state index in [0.29, 0.717) is 5.92 Å². The quantitative estimate of drug-likeness (QED) is 0.654. The van der Waals surface area contributed by atoms with Crippen molar-refractivity contribution in [2.45, 2.75) is 32.6 Å². The van der Waals surface area contributed by atoms with Gasteiger partial charge >= 0.3 is 0 Å². The molecule has 1 fully saturated rings. The summed E-state index contributed by atoms with van der Waals surface area (Å²) in [4.78, 5) is 10.4. The summed E-state index contributed by atoms with van der Waals surface area (Å²) in [7, 11) is 0. The maximum absolute atomic E-state index is 10.8. The number of nitrogens with zero attached hydrogens (tertiary/aromatic N) is 1. The molecule has 0 aliphatic heterocycles. The van der Waals surface area contributed by atoms with E-state index in [1.165, 1.54) is 31.7 Å². The first-order chi connectivity index (χ1) is 9.06. The Morgan fingerprint density at radius 2 is 2.26 bits per heavy atom. The van der Waals surface area contributed by atoms with Gasteiger partial charge in [0.25, 0.3) is 5.69 Å². The summed E-state index contributed by atoms with van der Waals surface area (Å²) in [6.07, 6.45) is 5.09. The van der Waals surface area contributed by atoms with E-state index in [1.807, 2.05) is 0 Å². The monoisotopic (exact) mass is 282 g/mol. The molecule has 2 atom stereocenters. The Bertz CT molecular complexity index is 465. The highest BCUT2D eigenvalue weighted by molar-refractivity contribution is 6.32. The first-order valence-electron chi connectivity index (χ1n) is 6.74. The number of halogens is 1. The minimum Gasteiger partial charge on any atom is -0.385 e. The van der Waals surface area contributed by atoms with Crippen LogP contribution in [0.1, 0.15) is 32.6 Å². The Kier molecular flexibility index (Phi) is 4.64. The topological polar surface area (TPSA) is 55.2 Å². The van der Waals surface area contributed by atoms with Crippen LogP contribution in [0.25, 0.3) is 0 Å². The van der Waals surface area contributed by atoms with Crippen molar-refractivity contribution in [3.05, 3.63) is 33.3 Å². The molecule has 0 heterocycles. The number of benzene rings is 1. The number of nitro benzene ring substituents is 1. The van der Waals surface area contributed by atoms with Gasteiger partial charge in [0.15, 0.2) is 0 Å². The highest BCUT2D eigenvalue weighted by Gasteiger charge is 2.19. The molecule has 0 radical (unpaired) electrons. The molecule has 104 valence electrons. The predicted octanol–water partition coefficient (Wildman–Crippen LogP) is 4.49. The molecule has 2 unspecified atom stereocenters. The lowest BCUT2D eigenvalue weighted by atomic mass is 9.82. The molecule has 1 aliphatic carbocycles. The highest BCUT2D eigenvalue weighted by Crippen LogP contribution is 2.30. The first kappa shape index (κ1) is 14.1. The lowest BCUT2D eigenvalue weighted by Crippen LogP contribution is -2.21. The lowest BCUT2D eigenvalue weighted by molar-refractivity contribution is -0.384. The SMILES string of the molecule is CC1CCCC(CNc2ccc(Cl)c([N+](=O)[O-])c2)C1. The van der Waals surface area contributed by atoms with Gasteiger partial charge in [0.1, 0.15) is 5.02 Å². The van der Waals surface area contributed by atoms with Crippen LogP contribution in [0.2, 0.25) is 5.02 Å². The van der Waals surface area contributed by atoms with Crippen molar-refractivity contribution in [3.8, 4) is 0 Å². The van der Waals surface area contributed by atoms with E-state index in [9.17, 15) is 10.1 Å². The van der Waals surface area contributed by atoms with E-state index in [2.05, 4.69) is 12.2 Å². The molecule has 1 N–H and O–H groups in total. The molecule has 1 aliphatic rings. The van der Waals surface area contributed by atoms with Gasteiger partial charge in [-0.3, -0.25) is 10.1 Å². The van der Waals surface area contributed by atoms with E-state index in [0.717, 1.165) is 18.2 Å². The molecule has 1 aromatic carbocycles. The third kappa shape index (κ3) is 3.83. The van der Waals surface area contributed by atoms with Crippen LogP contribution < -0.4 is 5.32 Å². The third-order valence-electron chi connectivity index (χ3n) is 3.78. The molecule has 0 amide bonds. The second-order valence-corrected chi connectivity index (χ2v) is 5.85. The van der Waals surface area contributed by atoms with Gasteiger partial charge < -0.3 is 5.32 Å². The van der Waals surface area contributed by atoms with Crippen molar-refractivity contribution in [2.75, 3.05) is 11.9 Å². The van der Waals surface area contributed by atoms with Crippen LogP contribution in [0.15, 0.2) is 18.2 Å². The van der Waals surface area contributed by atoms with Crippen LogP contribution in [0.5, 0.6) is 0 Å². The number of anilines is 1. The standard InChI is InChI=1S/C14H19ClN2O2/c1-10-3-2-4-11(7-10)9-16-12-5-6-13(15)14(8-12)17(18)19/h5-6,8,10-11,16H,2-4,7,9H2,1H3. The maximum atomic E-state index is 10.8. The summed E-state index contributed by atoms with van der Waals surface area (Å²) >= 11 is 5.79. The van der Waals surface area contributed by atoms with Crippen LogP contribution in [0, 0.1) is 22.0 Å². The lowest BCUT2D eigenvalue weighted by Gasteiger charge is -2.27. The van der Waals surface area contributed by atoms with Crippen molar-refractivity contribution < 1.29 is 4.92 Å². The van der Waals surface area contributed by atoms with Gasteiger partial charge in [-0.05, 0) is 36.8 Å². The van der Waals surface area contributed by atoms with Gasteiger partial charge in [0.05, 0.1) is 4.92 Å². The van der Waals surface area contributed by atoms with E-state index in [1.54, 1.807) is 12.1 Å². The van der Waals surface area contributed by atoms with Gasteiger partial charge in [-0.15, -0.1) is 0 Å². The summed E-state index contributed by atoms with van der Waals surface area (Å²) in [5, 5.41) is 14.3. The number of nitrogens with one attached hydrogen (secondary N) is 1. The van der Waals surface area contributed by atoms with Gasteiger partial charge in [0, 0.05) is 18.3 Å². The van der Waals surface area contributed by atoms with Crippen LogP contribution in [0.4, 0.5) is 11.4 Å². The average molecular weight is 283 g/mol. The number of hydrogen-bond donors (Lipinski definition) is 1. The zero-order valence-corrected chi connectivity index (χ0v) is 11.8. The minimum atomic E-state index is -0.448. The van der Waals surface area contributed by atoms with E-state index in [4.69, 9.17) is 11.6 Å². The van der Waals surface area contributed by atoms with Crippen molar-refractivity contribution in [3.63, 3.8) is 0 Å². The second-order valence-electron chi connectivity index (χ2n) is 5.44. The first-order valence-corrected chi connectivity index (χ1v) is 7.12. The van der Waals surface area contributed by atoms with Crippen LogP contribution in [-0.2, 0) is 0 Å². The molecule has 2 rings (SSSR count). The van der Waals surface area contributed by atoms with Gasteiger partial charge in [0.2, 0.25) is 0 Å². The van der Waals surface area contributed by atoms with Gasteiger partial charge in [-0.2, -0.15) is 0 Å². The fraction of sp³-hybridized carbons (Fsp3) is 0.571. The Morgan fingerprint density at radius 3 is 2.95 bits per heavy atom. The maximum Gasteiger partial charge on any atom is 0.289 e. The van der Waals surface area contributed by atoms with Gasteiger partial charge in [-0.1, -0.05) is 31.4 Å². The molecule has 0 saturated heterocycles. The Hall–Kier alpha value is -1.29. The summed E-state index contributed by atoms with van der Waals surface area (Å²) in [5.74, 6) is 1.46. The fourth-order valence-corrected chi connectivity index (χ4v) is 2.96. The molecule has 1 aromatic rings. The average Bonchev–Trinajstić information content (AvgIpc) is 2.37. The van der Waals surface area contributed by atoms with Crippen LogP contribution in [-0.4, -0.2) is 11.5 Å². The third-order valence-corrected chi connectivity index (χ3v) is 4.10. The van der Waals surface area contributed by atoms with Crippen LogP contribution in [0.3, 0.4) is 0 Å². The summed E-state index contributed by atoms with van der Waals surface area (Å²) in [5.41, 5.74) is 0.734. The normalized spacial score (nSPS) is 23.1. The largest absolute Gasteiger partial charge is 0.385 e. The Morgan fingerprint density at radius 1 is 1.47 bits per heavy atom. The number of hydrogen-bond acceptors (Lipinski definition) is 3. The smallest absolute Gasteiger partial charge is 0.289 e. The molecular weight excluding hydrogens is 264 g/mol. The highest BCUT2D eigenvalue weighted by atomic mass is 35.5. The van der Waals surface area contributed by atoms with Crippen LogP contribution >= 0.6 is 11.6 Å². The van der Waals surface area contributed by atoms with Gasteiger partial charge in [-0.25, -0.2) is 0 Å². The molecule has 1 saturated carbocycles. The molecular formula is C14H19ClN2O2. The zero-order chi connectivity index (χ0) is 13.8. The molecule has 4 nitrogen and oxygen atoms in total. The Labute approximate surface area is 118 Å². The second kappa shape index (κ2) is 6.24. The fourth-order valence-electron chi connectivity index (χ4n) is 2.77. The summed E-state index contributed by atoms with van der Waals surface area (Å²) < 4.78 is 0. The molecule has 0 spiro atoms. The van der Waals surface area contributed by atoms with E-state index < -0.39 is 4.92 Å². The van der Waals surface area contributed by atoms with Crippen molar-refractivity contribution >= 4 is 23.0 Å². The van der Waals surface area contributed by atoms with Crippen molar-refractivity contribution in [1.29, 1.82) is 0 Å². The number of nitro groups is 1. The van der Waals surface area contributed by atoms with Crippen molar-refractivity contribution in [1.82, 2.24) is 0 Å². The Balaban J connectivity index is 1.96. The zero-order valence-electron chi connectivity index (χ0n) is 11.1. The number of rotatable bonds is 4. The van der Waals surface area contributed by atoms with E-state index in [-0.39, 0.29) is 10.7 Å². The summed E-state index contributed by atoms with van der Waals surface area (Å²) in [6, 6.07) is 4.88. The molecule has 0 bridgehead atoms. The van der Waals surface area contributed by atoms with Crippen molar-refractivity contribution in [2.24, 2.45) is 11.8 Å².